The fraction of sp³-hybridized carbons (Fsp3) is 1.00. The zero-order chi connectivity index (χ0) is 10.4. The van der Waals surface area contributed by atoms with Gasteiger partial charge in [-0.2, -0.15) is 0 Å². The molecule has 0 radical (unpaired) electrons. The predicted molar refractivity (Wildman–Crippen MR) is 59.3 cm³/mol. The summed E-state index contributed by atoms with van der Waals surface area (Å²) in [5, 5.41) is 0. The quantitative estimate of drug-likeness (QED) is 0.675. The fourth-order valence-electron chi connectivity index (χ4n) is 2.10. The van der Waals surface area contributed by atoms with Gasteiger partial charge < -0.3 is 10.5 Å². The van der Waals surface area contributed by atoms with Crippen LogP contribution >= 0.6 is 0 Å². The third kappa shape index (κ3) is 3.56. The van der Waals surface area contributed by atoms with Crippen LogP contribution in [0.15, 0.2) is 0 Å². The molecular formula is C11H24N2O. The third-order valence-electron chi connectivity index (χ3n) is 3.29. The van der Waals surface area contributed by atoms with Gasteiger partial charge in [0.15, 0.2) is 0 Å². The van der Waals surface area contributed by atoms with E-state index in [9.17, 15) is 0 Å². The van der Waals surface area contributed by atoms with Crippen LogP contribution in [0.3, 0.4) is 0 Å². The molecule has 84 valence electrons. The van der Waals surface area contributed by atoms with Gasteiger partial charge in [-0.1, -0.05) is 6.92 Å². The van der Waals surface area contributed by atoms with Crippen molar-refractivity contribution in [2.24, 2.45) is 11.7 Å². The van der Waals surface area contributed by atoms with Crippen LogP contribution in [0.2, 0.25) is 0 Å². The minimum atomic E-state index is 0.631. The fourth-order valence-corrected chi connectivity index (χ4v) is 2.10. The van der Waals surface area contributed by atoms with Crippen LogP contribution in [0.1, 0.15) is 26.7 Å². The molecule has 14 heavy (non-hydrogen) atoms. The first-order valence-electron chi connectivity index (χ1n) is 5.77. The molecule has 1 aliphatic heterocycles. The molecule has 2 unspecified atom stereocenters. The van der Waals surface area contributed by atoms with Gasteiger partial charge in [0.05, 0.1) is 13.2 Å². The largest absolute Gasteiger partial charge is 0.379 e. The lowest BCUT2D eigenvalue weighted by atomic mass is 9.92. The molecule has 1 fully saturated rings. The van der Waals surface area contributed by atoms with E-state index in [4.69, 9.17) is 10.5 Å². The molecule has 0 bridgehead atoms. The van der Waals surface area contributed by atoms with Crippen molar-refractivity contribution in [1.29, 1.82) is 0 Å². The number of hydrogen-bond acceptors (Lipinski definition) is 3. The predicted octanol–water partition coefficient (Wildman–Crippen LogP) is 1.08. The van der Waals surface area contributed by atoms with Gasteiger partial charge in [-0.15, -0.1) is 0 Å². The molecule has 1 rings (SSSR count). The van der Waals surface area contributed by atoms with Crippen molar-refractivity contribution in [3.8, 4) is 0 Å². The molecule has 1 saturated heterocycles. The van der Waals surface area contributed by atoms with E-state index >= 15 is 0 Å². The molecule has 0 saturated carbocycles. The van der Waals surface area contributed by atoms with Crippen molar-refractivity contribution in [2.45, 2.75) is 32.7 Å². The van der Waals surface area contributed by atoms with Gasteiger partial charge in [0.1, 0.15) is 0 Å². The van der Waals surface area contributed by atoms with Gasteiger partial charge in [0.2, 0.25) is 0 Å². The number of piperidine rings is 1. The topological polar surface area (TPSA) is 38.5 Å². The molecule has 2 N–H and O–H groups in total. The monoisotopic (exact) mass is 200 g/mol. The number of likely N-dealkylation sites (tertiary alicyclic amines) is 1. The molecule has 2 atom stereocenters. The molecule has 0 aromatic heterocycles. The Kier molecular flexibility index (Phi) is 5.45. The molecule has 3 nitrogen and oxygen atoms in total. The Labute approximate surface area is 87.6 Å². The molecule has 0 aromatic carbocycles. The van der Waals surface area contributed by atoms with E-state index in [2.05, 4.69) is 18.7 Å². The minimum absolute atomic E-state index is 0.631. The number of nitrogens with zero attached hydrogens (tertiary/aromatic N) is 1. The van der Waals surface area contributed by atoms with E-state index in [0.29, 0.717) is 19.2 Å². The number of rotatable bonds is 5. The normalized spacial score (nSPS) is 29.4. The average Bonchev–Trinajstić information content (AvgIpc) is 2.19. The van der Waals surface area contributed by atoms with Crippen LogP contribution in [0, 0.1) is 5.92 Å². The number of hydrogen-bond donors (Lipinski definition) is 1. The summed E-state index contributed by atoms with van der Waals surface area (Å²) in [6.45, 7) is 9.12. The lowest BCUT2D eigenvalue weighted by Crippen LogP contribution is -2.44. The number of nitrogens with two attached hydrogens (primary N) is 1. The molecule has 0 amide bonds. The Morgan fingerprint density at radius 2 is 2.14 bits per heavy atom. The van der Waals surface area contributed by atoms with Crippen LogP contribution < -0.4 is 5.73 Å². The molecular weight excluding hydrogens is 176 g/mol. The highest BCUT2D eigenvalue weighted by Gasteiger charge is 2.23. The van der Waals surface area contributed by atoms with Crippen molar-refractivity contribution in [3.05, 3.63) is 0 Å². The molecule has 0 aromatic rings. The summed E-state index contributed by atoms with van der Waals surface area (Å²) in [7, 11) is 0. The van der Waals surface area contributed by atoms with Crippen molar-refractivity contribution in [3.63, 3.8) is 0 Å². The first kappa shape index (κ1) is 12.0. The van der Waals surface area contributed by atoms with Crippen molar-refractivity contribution >= 4 is 0 Å². The first-order valence-corrected chi connectivity index (χ1v) is 5.77. The summed E-state index contributed by atoms with van der Waals surface area (Å²) < 4.78 is 5.40. The van der Waals surface area contributed by atoms with Crippen LogP contribution in [-0.2, 0) is 4.74 Å². The Hall–Kier alpha value is -0.120. The smallest absolute Gasteiger partial charge is 0.0594 e. The molecule has 1 heterocycles. The Morgan fingerprint density at radius 1 is 1.36 bits per heavy atom. The highest BCUT2D eigenvalue weighted by molar-refractivity contribution is 4.78. The zero-order valence-corrected chi connectivity index (χ0v) is 9.54. The van der Waals surface area contributed by atoms with Crippen LogP contribution in [-0.4, -0.2) is 43.8 Å². The minimum Gasteiger partial charge on any atom is -0.379 e. The summed E-state index contributed by atoms with van der Waals surface area (Å²) in [5.74, 6) is 0.832. The summed E-state index contributed by atoms with van der Waals surface area (Å²) in [6.07, 6.45) is 2.71. The van der Waals surface area contributed by atoms with E-state index in [0.717, 1.165) is 19.1 Å². The summed E-state index contributed by atoms with van der Waals surface area (Å²) >= 11 is 0. The van der Waals surface area contributed by atoms with Gasteiger partial charge in [0.25, 0.3) is 0 Å². The third-order valence-corrected chi connectivity index (χ3v) is 3.29. The van der Waals surface area contributed by atoms with E-state index in [1.165, 1.54) is 19.4 Å². The maximum atomic E-state index is 5.40. The second-order valence-corrected chi connectivity index (χ2v) is 4.30. The summed E-state index contributed by atoms with van der Waals surface area (Å²) in [5.41, 5.74) is 5.36. The van der Waals surface area contributed by atoms with Gasteiger partial charge in [-0.05, 0) is 32.2 Å². The van der Waals surface area contributed by atoms with Crippen LogP contribution in [0.25, 0.3) is 0 Å². The Morgan fingerprint density at radius 3 is 2.86 bits per heavy atom. The maximum absolute atomic E-state index is 5.40. The molecule has 0 aliphatic carbocycles. The second-order valence-electron chi connectivity index (χ2n) is 4.30. The van der Waals surface area contributed by atoms with Crippen LogP contribution in [0.5, 0.6) is 0 Å². The Balaban J connectivity index is 2.15. The van der Waals surface area contributed by atoms with Crippen molar-refractivity contribution in [1.82, 2.24) is 4.90 Å². The lowest BCUT2D eigenvalue weighted by molar-refractivity contribution is 0.0608. The highest BCUT2D eigenvalue weighted by Crippen LogP contribution is 2.22. The first-order chi connectivity index (χ1) is 6.75. The van der Waals surface area contributed by atoms with E-state index < -0.39 is 0 Å². The van der Waals surface area contributed by atoms with Gasteiger partial charge in [0, 0.05) is 19.1 Å². The molecule has 3 heteroatoms. The van der Waals surface area contributed by atoms with E-state index in [-0.39, 0.29) is 0 Å². The SMILES string of the molecule is CC1CCCN(CCOCCN)C1C. The van der Waals surface area contributed by atoms with Gasteiger partial charge >= 0.3 is 0 Å². The molecule has 1 aliphatic rings. The lowest BCUT2D eigenvalue weighted by Gasteiger charge is -2.37. The van der Waals surface area contributed by atoms with Gasteiger partial charge in [-0.25, -0.2) is 0 Å². The van der Waals surface area contributed by atoms with E-state index in [1.807, 2.05) is 0 Å². The zero-order valence-electron chi connectivity index (χ0n) is 9.54. The van der Waals surface area contributed by atoms with Crippen molar-refractivity contribution in [2.75, 3.05) is 32.8 Å². The van der Waals surface area contributed by atoms with E-state index in [1.54, 1.807) is 0 Å². The second kappa shape index (κ2) is 6.38. The van der Waals surface area contributed by atoms with Crippen molar-refractivity contribution < 1.29 is 4.74 Å². The highest BCUT2D eigenvalue weighted by atomic mass is 16.5. The maximum Gasteiger partial charge on any atom is 0.0594 e. The average molecular weight is 200 g/mol. The Bertz CT molecular complexity index is 152. The standard InChI is InChI=1S/C11H24N2O/c1-10-4-3-6-13(11(10)2)7-9-14-8-5-12/h10-11H,3-9,12H2,1-2H3. The van der Waals surface area contributed by atoms with Gasteiger partial charge in [-0.3, -0.25) is 4.90 Å². The number of ether oxygens (including phenoxy) is 1. The summed E-state index contributed by atoms with van der Waals surface area (Å²) in [6, 6.07) is 0.713. The van der Waals surface area contributed by atoms with Crippen LogP contribution in [0.4, 0.5) is 0 Å². The summed E-state index contributed by atoms with van der Waals surface area (Å²) in [4.78, 5) is 2.53. The molecule has 0 spiro atoms.